The molecule has 0 radical (unpaired) electrons. The van der Waals surface area contributed by atoms with Gasteiger partial charge < -0.3 is 39.2 Å². The van der Waals surface area contributed by atoms with Crippen LogP contribution in [-0.4, -0.2) is 131 Å². The van der Waals surface area contributed by atoms with Gasteiger partial charge in [-0.05, 0) is 104 Å². The summed E-state index contributed by atoms with van der Waals surface area (Å²) in [6.07, 6.45) is 3.03. The minimum atomic E-state index is -1.22. The van der Waals surface area contributed by atoms with Gasteiger partial charge in [0, 0.05) is 26.4 Å². The lowest BCUT2D eigenvalue weighted by Gasteiger charge is -2.37. The normalized spacial score (nSPS) is 16.3. The number of ketones is 1. The number of nitrogens with one attached hydrogen (secondary N) is 2. The van der Waals surface area contributed by atoms with Crippen molar-refractivity contribution in [2.24, 2.45) is 17.3 Å². The van der Waals surface area contributed by atoms with Crippen molar-refractivity contribution in [2.75, 3.05) is 34.4 Å². The molecule has 80 heavy (non-hydrogen) atoms. The third-order valence-corrected chi connectivity index (χ3v) is 14.0. The van der Waals surface area contributed by atoms with Gasteiger partial charge in [-0.2, -0.15) is 0 Å². The fourth-order valence-corrected chi connectivity index (χ4v) is 9.38. The number of fused-ring (bicyclic) bond motifs is 1. The van der Waals surface area contributed by atoms with Crippen LogP contribution >= 0.6 is 0 Å². The number of ether oxygens (including phenoxy) is 5. The summed E-state index contributed by atoms with van der Waals surface area (Å²) in [5.74, 6) is -3.27. The van der Waals surface area contributed by atoms with Crippen molar-refractivity contribution in [1.82, 2.24) is 35.4 Å². The number of amides is 4. The predicted octanol–water partition coefficient (Wildman–Crippen LogP) is 7.57. The zero-order valence-corrected chi connectivity index (χ0v) is 47.9. The number of aromatic nitrogens is 3. The molecule has 1 aliphatic heterocycles. The zero-order valence-electron chi connectivity index (χ0n) is 47.9. The molecule has 4 amide bonds. The maximum atomic E-state index is 15.3. The maximum absolute atomic E-state index is 15.3. The molecule has 2 N–H and O–H groups in total. The molecule has 6 rings (SSSR count). The number of carbonyl (C=O) groups is 7. The molecule has 0 bridgehead atoms. The standard InChI is InChI=1S/C61H77N7O12/c1-13-28-78-48-24-21-41(22-25-48)30-45(58(74)77-12)33-52(69)50(32-42-18-23-43-16-14-15-17-44(43)31-42)62-55(71)51-34-47(68-35-46(64-65-68)37-79-49-26-19-40(20-27-49)29-38(2)57(73)76-11)36-67(51)56(72)53(60(4,5)6)63-54(70)39(3)66(10)59(75)80-61(7,8)9/h13-27,31,35,38-39,45,47,50-51,53H,1,28-30,32-34,36-37H2,2-12H3,(H,62,71)(H,63,70)/t38-,39-,45+,47-,50-,51-,53+/m0/s1. The number of nitrogens with zero attached hydrogens (tertiary/aromatic N) is 5. The van der Waals surface area contributed by atoms with Gasteiger partial charge in [0.2, 0.25) is 17.7 Å². The van der Waals surface area contributed by atoms with Crippen LogP contribution in [0.4, 0.5) is 4.79 Å². The van der Waals surface area contributed by atoms with E-state index in [2.05, 4.69) is 27.5 Å². The highest BCUT2D eigenvalue weighted by atomic mass is 16.6. The average molecular weight is 1100 g/mol. The Morgan fingerprint density at radius 3 is 2.00 bits per heavy atom. The van der Waals surface area contributed by atoms with Crippen molar-refractivity contribution in [3.8, 4) is 11.5 Å². The lowest BCUT2D eigenvalue weighted by atomic mass is 9.85. The molecule has 428 valence electrons. The van der Waals surface area contributed by atoms with Crippen molar-refractivity contribution >= 4 is 52.3 Å². The highest BCUT2D eigenvalue weighted by Crippen LogP contribution is 2.32. The van der Waals surface area contributed by atoms with Crippen LogP contribution in [0.5, 0.6) is 11.5 Å². The summed E-state index contributed by atoms with van der Waals surface area (Å²) < 4.78 is 28.9. The molecular weight excluding hydrogens is 1020 g/mol. The van der Waals surface area contributed by atoms with Gasteiger partial charge in [-0.15, -0.1) is 5.10 Å². The van der Waals surface area contributed by atoms with Crippen LogP contribution < -0.4 is 20.1 Å². The van der Waals surface area contributed by atoms with Crippen molar-refractivity contribution < 1.29 is 57.2 Å². The molecule has 0 unspecified atom stereocenters. The van der Waals surface area contributed by atoms with Gasteiger partial charge in [0.1, 0.15) is 54.1 Å². The first-order valence-electron chi connectivity index (χ1n) is 26.9. The monoisotopic (exact) mass is 1100 g/mol. The molecule has 1 fully saturated rings. The second kappa shape index (κ2) is 27.2. The minimum Gasteiger partial charge on any atom is -0.490 e. The summed E-state index contributed by atoms with van der Waals surface area (Å²) in [6.45, 7) is 17.8. The summed E-state index contributed by atoms with van der Waals surface area (Å²) in [5, 5.41) is 16.6. The Morgan fingerprint density at radius 2 is 1.39 bits per heavy atom. The predicted molar refractivity (Wildman–Crippen MR) is 300 cm³/mol. The van der Waals surface area contributed by atoms with Gasteiger partial charge in [0.25, 0.3) is 0 Å². The average Bonchev–Trinajstić information content (AvgIpc) is 4.13. The quantitative estimate of drug-likeness (QED) is 0.0345. The summed E-state index contributed by atoms with van der Waals surface area (Å²) in [4.78, 5) is 100. The fraction of sp³-hybridized carbons (Fsp3) is 0.459. The van der Waals surface area contributed by atoms with E-state index in [4.69, 9.17) is 23.7 Å². The first kappa shape index (κ1) is 61.1. The molecular formula is C61H77N7O12. The van der Waals surface area contributed by atoms with Gasteiger partial charge in [0.15, 0.2) is 5.78 Å². The van der Waals surface area contributed by atoms with E-state index in [0.717, 1.165) is 32.4 Å². The SMILES string of the molecule is C=CCOc1ccc(C[C@H](CC(=O)[C@H](Cc2ccc3ccccc3c2)NC(=O)[C@@H]2C[C@H](n3cc(COc4ccc(C[C@H](C)C(=O)OC)cc4)nn3)CN2C(=O)[C@@H](NC(=O)[C@H](C)N(C)C(=O)OC(C)(C)C)C(C)(C)C)C(=O)OC)cc1. The van der Waals surface area contributed by atoms with Crippen LogP contribution in [0.15, 0.2) is 110 Å². The van der Waals surface area contributed by atoms with Crippen LogP contribution in [0.25, 0.3) is 10.8 Å². The first-order valence-corrected chi connectivity index (χ1v) is 26.9. The highest BCUT2D eigenvalue weighted by molar-refractivity contribution is 5.97. The summed E-state index contributed by atoms with van der Waals surface area (Å²) >= 11 is 0. The molecule has 19 heteroatoms. The van der Waals surface area contributed by atoms with Crippen molar-refractivity contribution in [2.45, 2.75) is 130 Å². The topological polar surface area (TPSA) is 227 Å². The smallest absolute Gasteiger partial charge is 0.410 e. The minimum absolute atomic E-state index is 0.0312. The number of rotatable bonds is 24. The van der Waals surface area contributed by atoms with Crippen LogP contribution in [0.3, 0.4) is 0 Å². The second-order valence-corrected chi connectivity index (χ2v) is 22.5. The third-order valence-electron chi connectivity index (χ3n) is 14.0. The van der Waals surface area contributed by atoms with Gasteiger partial charge in [0.05, 0.1) is 44.3 Å². The second-order valence-electron chi connectivity index (χ2n) is 22.5. The number of likely N-dealkylation sites (tertiary alicyclic amines) is 1. The first-order chi connectivity index (χ1) is 37.9. The molecule has 0 aliphatic carbocycles. The number of hydrogen-bond acceptors (Lipinski definition) is 14. The lowest BCUT2D eigenvalue weighted by Crippen LogP contribution is -2.60. The molecule has 19 nitrogen and oxygen atoms in total. The Hall–Kier alpha value is -8.09. The molecule has 2 heterocycles. The van der Waals surface area contributed by atoms with E-state index >= 15 is 9.59 Å². The van der Waals surface area contributed by atoms with Gasteiger partial charge in [-0.3, -0.25) is 33.7 Å². The lowest BCUT2D eigenvalue weighted by molar-refractivity contribution is -0.147. The Labute approximate surface area is 468 Å². The number of hydrogen-bond donors (Lipinski definition) is 2. The molecule has 0 spiro atoms. The largest absolute Gasteiger partial charge is 0.490 e. The zero-order chi connectivity index (χ0) is 58.5. The van der Waals surface area contributed by atoms with E-state index in [1.165, 1.54) is 33.1 Å². The molecule has 1 saturated heterocycles. The van der Waals surface area contributed by atoms with Gasteiger partial charge >= 0.3 is 18.0 Å². The van der Waals surface area contributed by atoms with Crippen LogP contribution in [0.1, 0.15) is 96.7 Å². The number of likely N-dealkylation sites (N-methyl/N-ethyl adjacent to an activating group) is 1. The maximum Gasteiger partial charge on any atom is 0.410 e. The summed E-state index contributed by atoms with van der Waals surface area (Å²) in [5.41, 5.74) is 1.13. The highest BCUT2D eigenvalue weighted by Gasteiger charge is 2.47. The van der Waals surface area contributed by atoms with E-state index in [-0.39, 0.29) is 50.7 Å². The molecule has 4 aromatic carbocycles. The Morgan fingerprint density at radius 1 is 0.775 bits per heavy atom. The van der Waals surface area contributed by atoms with E-state index in [1.807, 2.05) is 66.7 Å². The van der Waals surface area contributed by atoms with Crippen LogP contribution in [-0.2, 0) is 68.8 Å². The molecule has 1 aliphatic rings. The van der Waals surface area contributed by atoms with Crippen LogP contribution in [0.2, 0.25) is 0 Å². The van der Waals surface area contributed by atoms with E-state index in [1.54, 1.807) is 89.7 Å². The Bertz CT molecular complexity index is 2980. The molecule has 5 aromatic rings. The van der Waals surface area contributed by atoms with Crippen molar-refractivity contribution in [1.29, 1.82) is 0 Å². The van der Waals surface area contributed by atoms with Gasteiger partial charge in [-0.25, -0.2) is 9.48 Å². The van der Waals surface area contributed by atoms with Crippen LogP contribution in [0, 0.1) is 17.3 Å². The molecule has 1 aromatic heterocycles. The van der Waals surface area contributed by atoms with Crippen molar-refractivity contribution in [3.05, 3.63) is 132 Å². The number of benzene rings is 4. The fourth-order valence-electron chi connectivity index (χ4n) is 9.38. The van der Waals surface area contributed by atoms with E-state index < -0.39 is 82.7 Å². The molecule has 7 atom stereocenters. The third kappa shape index (κ3) is 16.7. The summed E-state index contributed by atoms with van der Waals surface area (Å²) in [7, 11) is 4.05. The number of Topliss-reactive ketones (excluding diaryl/α,β-unsaturated/α-hetero) is 1. The Kier molecular flexibility index (Phi) is 20.8. The number of carbonyl (C=O) groups excluding carboxylic acids is 7. The number of esters is 2. The van der Waals surface area contributed by atoms with E-state index in [0.29, 0.717) is 30.2 Å². The molecule has 0 saturated carbocycles. The number of methoxy groups -OCH3 is 2. The van der Waals surface area contributed by atoms with Gasteiger partial charge in [-0.1, -0.05) is 112 Å². The Balaban J connectivity index is 1.30. The van der Waals surface area contributed by atoms with Crippen molar-refractivity contribution in [3.63, 3.8) is 0 Å². The van der Waals surface area contributed by atoms with E-state index in [9.17, 15) is 24.0 Å². The summed E-state index contributed by atoms with van der Waals surface area (Å²) in [6, 6.07) is 22.7.